The number of rotatable bonds is 6. The van der Waals surface area contributed by atoms with Crippen LogP contribution in [0.4, 0.5) is 0 Å². The Kier molecular flexibility index (Phi) is 6.24. The van der Waals surface area contributed by atoms with Gasteiger partial charge in [-0.25, -0.2) is 0 Å². The van der Waals surface area contributed by atoms with Crippen molar-refractivity contribution in [2.24, 2.45) is 5.92 Å². The standard InChI is InChI=1S/C13H19BrN2O3/c1-8(2)6-19-7-9(3)16-12(17)10-4-11(14)13(18)15-5-10/h4-5,8-9H,6-7H2,1-3H3,(H,15,18)(H,16,17). The molecule has 2 N–H and O–H groups in total. The van der Waals surface area contributed by atoms with Crippen LogP contribution in [0.25, 0.3) is 0 Å². The maximum Gasteiger partial charge on any atom is 0.262 e. The molecule has 19 heavy (non-hydrogen) atoms. The number of aromatic nitrogens is 1. The maximum absolute atomic E-state index is 11.9. The summed E-state index contributed by atoms with van der Waals surface area (Å²) in [5.41, 5.74) is 0.145. The first-order chi connectivity index (χ1) is 8.90. The van der Waals surface area contributed by atoms with E-state index < -0.39 is 0 Å². The Balaban J connectivity index is 2.49. The normalized spacial score (nSPS) is 12.5. The quantitative estimate of drug-likeness (QED) is 0.837. The number of pyridine rings is 1. The summed E-state index contributed by atoms with van der Waals surface area (Å²) in [7, 11) is 0. The molecule has 106 valence electrons. The Bertz CT molecular complexity index is 485. The monoisotopic (exact) mass is 330 g/mol. The number of ether oxygens (including phenoxy) is 1. The maximum atomic E-state index is 11.9. The number of carbonyl (C=O) groups excluding carboxylic acids is 1. The van der Waals surface area contributed by atoms with Crippen LogP contribution in [0, 0.1) is 5.92 Å². The molecule has 0 aliphatic carbocycles. The minimum Gasteiger partial charge on any atom is -0.379 e. The van der Waals surface area contributed by atoms with Gasteiger partial charge in [-0.2, -0.15) is 0 Å². The smallest absolute Gasteiger partial charge is 0.262 e. The van der Waals surface area contributed by atoms with Gasteiger partial charge in [-0.1, -0.05) is 13.8 Å². The summed E-state index contributed by atoms with van der Waals surface area (Å²) in [5, 5.41) is 2.81. The van der Waals surface area contributed by atoms with E-state index >= 15 is 0 Å². The van der Waals surface area contributed by atoms with Crippen LogP contribution in [0.5, 0.6) is 0 Å². The lowest BCUT2D eigenvalue weighted by atomic mass is 10.2. The molecule has 0 aromatic carbocycles. The predicted octanol–water partition coefficient (Wildman–Crippen LogP) is 1.93. The van der Waals surface area contributed by atoms with Gasteiger partial charge in [-0.15, -0.1) is 0 Å². The Morgan fingerprint density at radius 2 is 2.11 bits per heavy atom. The number of aromatic amines is 1. The van der Waals surface area contributed by atoms with E-state index in [1.165, 1.54) is 12.3 Å². The molecule has 1 atom stereocenters. The molecule has 1 unspecified atom stereocenters. The van der Waals surface area contributed by atoms with Crippen molar-refractivity contribution in [3.8, 4) is 0 Å². The second kappa shape index (κ2) is 7.45. The molecule has 1 aromatic rings. The van der Waals surface area contributed by atoms with Crippen molar-refractivity contribution in [2.45, 2.75) is 26.8 Å². The van der Waals surface area contributed by atoms with Gasteiger partial charge in [0.25, 0.3) is 11.5 Å². The zero-order valence-electron chi connectivity index (χ0n) is 11.3. The van der Waals surface area contributed by atoms with E-state index in [0.29, 0.717) is 29.2 Å². The number of halogens is 1. The van der Waals surface area contributed by atoms with E-state index in [2.05, 4.69) is 40.1 Å². The average molecular weight is 331 g/mol. The predicted molar refractivity (Wildman–Crippen MR) is 77.3 cm³/mol. The molecular weight excluding hydrogens is 312 g/mol. The molecule has 0 aliphatic heterocycles. The molecule has 1 aromatic heterocycles. The lowest BCUT2D eigenvalue weighted by Crippen LogP contribution is -2.36. The van der Waals surface area contributed by atoms with Crippen molar-refractivity contribution < 1.29 is 9.53 Å². The lowest BCUT2D eigenvalue weighted by molar-refractivity contribution is 0.0791. The topological polar surface area (TPSA) is 71.2 Å². The summed E-state index contributed by atoms with van der Waals surface area (Å²) in [6, 6.07) is 1.41. The van der Waals surface area contributed by atoms with Gasteiger partial charge >= 0.3 is 0 Å². The van der Waals surface area contributed by atoms with E-state index in [0.717, 1.165) is 0 Å². The van der Waals surface area contributed by atoms with Gasteiger partial charge < -0.3 is 15.0 Å². The third-order valence-electron chi connectivity index (χ3n) is 2.32. The van der Waals surface area contributed by atoms with E-state index in [1.54, 1.807) is 0 Å². The minimum atomic E-state index is -0.259. The Labute approximate surface area is 120 Å². The van der Waals surface area contributed by atoms with Crippen molar-refractivity contribution in [1.29, 1.82) is 0 Å². The van der Waals surface area contributed by atoms with Gasteiger partial charge in [0.2, 0.25) is 0 Å². The number of nitrogens with one attached hydrogen (secondary N) is 2. The molecule has 0 radical (unpaired) electrons. The fourth-order valence-electron chi connectivity index (χ4n) is 1.42. The van der Waals surface area contributed by atoms with Crippen molar-refractivity contribution in [3.05, 3.63) is 32.7 Å². The Morgan fingerprint density at radius 3 is 2.68 bits per heavy atom. The summed E-state index contributed by atoms with van der Waals surface area (Å²) in [4.78, 5) is 25.6. The molecule has 0 fully saturated rings. The summed E-state index contributed by atoms with van der Waals surface area (Å²) in [5.74, 6) is 0.232. The van der Waals surface area contributed by atoms with E-state index in [1.807, 2.05) is 6.92 Å². The molecule has 1 amide bonds. The first-order valence-corrected chi connectivity index (χ1v) is 6.96. The highest BCUT2D eigenvalue weighted by Gasteiger charge is 2.11. The van der Waals surface area contributed by atoms with Crippen molar-refractivity contribution in [1.82, 2.24) is 10.3 Å². The summed E-state index contributed by atoms with van der Waals surface area (Å²) < 4.78 is 5.79. The van der Waals surface area contributed by atoms with Crippen molar-refractivity contribution in [2.75, 3.05) is 13.2 Å². The molecule has 5 nitrogen and oxygen atoms in total. The number of carbonyl (C=O) groups is 1. The second-order valence-corrected chi connectivity index (χ2v) is 5.73. The average Bonchev–Trinajstić information content (AvgIpc) is 2.32. The third-order valence-corrected chi connectivity index (χ3v) is 2.91. The molecule has 0 saturated heterocycles. The zero-order valence-corrected chi connectivity index (χ0v) is 12.9. The van der Waals surface area contributed by atoms with Crippen LogP contribution in [0.15, 0.2) is 21.5 Å². The van der Waals surface area contributed by atoms with Gasteiger partial charge in [0.15, 0.2) is 0 Å². The number of hydrogen-bond donors (Lipinski definition) is 2. The van der Waals surface area contributed by atoms with Crippen LogP contribution in [0.1, 0.15) is 31.1 Å². The lowest BCUT2D eigenvalue weighted by Gasteiger charge is -2.15. The van der Waals surface area contributed by atoms with Gasteiger partial charge in [0.05, 0.1) is 16.6 Å². The fraction of sp³-hybridized carbons (Fsp3) is 0.538. The molecule has 0 saturated carbocycles. The number of H-pyrrole nitrogens is 1. The molecule has 0 aliphatic rings. The Hall–Kier alpha value is -1.14. The minimum absolute atomic E-state index is 0.0862. The van der Waals surface area contributed by atoms with Gasteiger partial charge in [-0.3, -0.25) is 9.59 Å². The van der Waals surface area contributed by atoms with Crippen LogP contribution in [-0.4, -0.2) is 30.1 Å². The summed E-state index contributed by atoms with van der Waals surface area (Å²) in [6.45, 7) is 7.15. The van der Waals surface area contributed by atoms with Crippen LogP contribution >= 0.6 is 15.9 Å². The molecule has 6 heteroatoms. The zero-order chi connectivity index (χ0) is 14.4. The molecule has 0 spiro atoms. The SMILES string of the molecule is CC(C)COCC(C)NC(=O)c1c[nH]c(=O)c(Br)c1. The van der Waals surface area contributed by atoms with Crippen molar-refractivity contribution in [3.63, 3.8) is 0 Å². The van der Waals surface area contributed by atoms with E-state index in [-0.39, 0.29) is 17.5 Å². The van der Waals surface area contributed by atoms with Gasteiger partial charge in [0.1, 0.15) is 0 Å². The molecular formula is C13H19BrN2O3. The van der Waals surface area contributed by atoms with Crippen LogP contribution < -0.4 is 10.9 Å². The highest BCUT2D eigenvalue weighted by molar-refractivity contribution is 9.10. The van der Waals surface area contributed by atoms with Gasteiger partial charge in [-0.05, 0) is 34.8 Å². The highest BCUT2D eigenvalue weighted by Crippen LogP contribution is 2.05. The van der Waals surface area contributed by atoms with Crippen LogP contribution in [0.3, 0.4) is 0 Å². The second-order valence-electron chi connectivity index (χ2n) is 4.87. The highest BCUT2D eigenvalue weighted by atomic mass is 79.9. The van der Waals surface area contributed by atoms with Crippen LogP contribution in [-0.2, 0) is 4.74 Å². The van der Waals surface area contributed by atoms with Crippen molar-refractivity contribution >= 4 is 21.8 Å². The third kappa shape index (κ3) is 5.57. The number of hydrogen-bond acceptors (Lipinski definition) is 3. The Morgan fingerprint density at radius 1 is 1.42 bits per heavy atom. The van der Waals surface area contributed by atoms with E-state index in [4.69, 9.17) is 4.74 Å². The van der Waals surface area contributed by atoms with Gasteiger partial charge in [0, 0.05) is 18.8 Å². The first kappa shape index (κ1) is 15.9. The van der Waals surface area contributed by atoms with E-state index in [9.17, 15) is 9.59 Å². The largest absolute Gasteiger partial charge is 0.379 e. The summed E-state index contributed by atoms with van der Waals surface area (Å²) >= 11 is 3.09. The first-order valence-electron chi connectivity index (χ1n) is 6.17. The fourth-order valence-corrected chi connectivity index (χ4v) is 1.78. The molecule has 1 heterocycles. The summed E-state index contributed by atoms with van der Waals surface area (Å²) in [6.07, 6.45) is 1.39. The molecule has 0 bridgehead atoms. The molecule has 1 rings (SSSR count). The number of amides is 1. The van der Waals surface area contributed by atoms with Crippen LogP contribution in [0.2, 0.25) is 0 Å².